The number of nitrogens with one attached hydrogen (secondary N) is 1. The number of rotatable bonds is 3. The molecule has 0 aromatic rings. The van der Waals surface area contributed by atoms with Crippen molar-refractivity contribution in [3.05, 3.63) is 0 Å². The Labute approximate surface area is 108 Å². The third-order valence-electron chi connectivity index (χ3n) is 5.17. The van der Waals surface area contributed by atoms with Crippen LogP contribution in [-0.4, -0.2) is 35.9 Å². The summed E-state index contributed by atoms with van der Waals surface area (Å²) in [4.78, 5) is 11.5. The Kier molecular flexibility index (Phi) is 3.10. The highest BCUT2D eigenvalue weighted by molar-refractivity contribution is 5.75. The van der Waals surface area contributed by atoms with E-state index < -0.39 is 11.4 Å². The molecule has 3 fully saturated rings. The Hall–Kier alpha value is -0.610. The number of aliphatic carboxylic acids is 1. The molecule has 3 aliphatic rings. The molecule has 1 aliphatic carbocycles. The van der Waals surface area contributed by atoms with Crippen molar-refractivity contribution >= 4 is 5.97 Å². The van der Waals surface area contributed by atoms with Gasteiger partial charge in [0.25, 0.3) is 0 Å². The maximum atomic E-state index is 11.5. The average Bonchev–Trinajstić information content (AvgIpc) is 3.03. The topological polar surface area (TPSA) is 58.6 Å². The van der Waals surface area contributed by atoms with Crippen LogP contribution in [0.4, 0.5) is 0 Å². The first-order valence-electron chi connectivity index (χ1n) is 7.26. The molecule has 1 spiro atoms. The fourth-order valence-electron chi connectivity index (χ4n) is 4.05. The van der Waals surface area contributed by atoms with Crippen LogP contribution in [-0.2, 0) is 9.53 Å². The summed E-state index contributed by atoms with van der Waals surface area (Å²) >= 11 is 0. The molecule has 3 rings (SSSR count). The van der Waals surface area contributed by atoms with E-state index in [9.17, 15) is 9.90 Å². The predicted octanol–water partition coefficient (Wildman–Crippen LogP) is 1.93. The van der Waals surface area contributed by atoms with Crippen LogP contribution in [0.2, 0.25) is 0 Å². The molecule has 2 saturated heterocycles. The molecule has 0 bridgehead atoms. The van der Waals surface area contributed by atoms with Gasteiger partial charge in [-0.3, -0.25) is 4.79 Å². The van der Waals surface area contributed by atoms with Crippen LogP contribution in [0, 0.1) is 5.41 Å². The Morgan fingerprint density at radius 1 is 1.28 bits per heavy atom. The van der Waals surface area contributed by atoms with Crippen molar-refractivity contribution in [2.75, 3.05) is 13.1 Å². The second-order valence-electron chi connectivity index (χ2n) is 6.39. The first-order valence-corrected chi connectivity index (χ1v) is 7.26. The van der Waals surface area contributed by atoms with Crippen LogP contribution in [0.15, 0.2) is 0 Å². The minimum Gasteiger partial charge on any atom is -0.481 e. The number of hydrogen-bond acceptors (Lipinski definition) is 3. The van der Waals surface area contributed by atoms with E-state index in [1.807, 2.05) is 0 Å². The number of ether oxygens (including phenoxy) is 1. The lowest BCUT2D eigenvalue weighted by molar-refractivity contribution is -0.151. The van der Waals surface area contributed by atoms with E-state index in [1.165, 1.54) is 25.7 Å². The summed E-state index contributed by atoms with van der Waals surface area (Å²) in [6.07, 6.45) is 8.71. The molecule has 2 unspecified atom stereocenters. The lowest BCUT2D eigenvalue weighted by atomic mass is 9.81. The van der Waals surface area contributed by atoms with Gasteiger partial charge in [-0.25, -0.2) is 0 Å². The zero-order valence-electron chi connectivity index (χ0n) is 10.9. The number of carbonyl (C=O) groups is 1. The monoisotopic (exact) mass is 253 g/mol. The minimum absolute atomic E-state index is 0.121. The van der Waals surface area contributed by atoms with Crippen LogP contribution in [0.25, 0.3) is 0 Å². The molecular formula is C14H23NO3. The molecule has 2 N–H and O–H groups in total. The van der Waals surface area contributed by atoms with Gasteiger partial charge in [0, 0.05) is 6.54 Å². The number of hydrogen-bond donors (Lipinski definition) is 2. The van der Waals surface area contributed by atoms with Crippen molar-refractivity contribution in [3.8, 4) is 0 Å². The summed E-state index contributed by atoms with van der Waals surface area (Å²) in [5.74, 6) is -0.650. The first-order chi connectivity index (χ1) is 8.64. The third-order valence-corrected chi connectivity index (χ3v) is 5.17. The summed E-state index contributed by atoms with van der Waals surface area (Å²) < 4.78 is 6.26. The molecule has 18 heavy (non-hydrogen) atoms. The molecule has 0 aromatic heterocycles. The van der Waals surface area contributed by atoms with Crippen LogP contribution in [0.5, 0.6) is 0 Å². The zero-order chi connectivity index (χ0) is 12.6. The summed E-state index contributed by atoms with van der Waals surface area (Å²) in [6.45, 7) is 1.43. The van der Waals surface area contributed by atoms with Gasteiger partial charge in [0.2, 0.25) is 0 Å². The summed E-state index contributed by atoms with van der Waals surface area (Å²) in [7, 11) is 0. The molecule has 102 valence electrons. The van der Waals surface area contributed by atoms with Crippen LogP contribution in [0.3, 0.4) is 0 Å². The number of carboxylic acids is 1. The smallest absolute Gasteiger partial charge is 0.311 e. The Bertz CT molecular complexity index is 330. The SMILES string of the molecule is O=C(O)C1(CC2CCC3(CCCC3)O2)CCNC1. The average molecular weight is 253 g/mol. The fourth-order valence-corrected chi connectivity index (χ4v) is 4.05. The molecule has 2 heterocycles. The minimum atomic E-state index is -0.650. The van der Waals surface area contributed by atoms with E-state index >= 15 is 0 Å². The van der Waals surface area contributed by atoms with Gasteiger partial charge in [-0.1, -0.05) is 12.8 Å². The molecule has 2 aliphatic heterocycles. The summed E-state index contributed by atoms with van der Waals surface area (Å²) in [6, 6.07) is 0. The van der Waals surface area contributed by atoms with Crippen molar-refractivity contribution in [3.63, 3.8) is 0 Å². The summed E-state index contributed by atoms with van der Waals surface area (Å²) in [5.41, 5.74) is -0.453. The van der Waals surface area contributed by atoms with Gasteiger partial charge in [-0.05, 0) is 45.1 Å². The largest absolute Gasteiger partial charge is 0.481 e. The predicted molar refractivity (Wildman–Crippen MR) is 67.5 cm³/mol. The van der Waals surface area contributed by atoms with E-state index in [0.29, 0.717) is 13.0 Å². The quantitative estimate of drug-likeness (QED) is 0.807. The van der Waals surface area contributed by atoms with Gasteiger partial charge < -0.3 is 15.2 Å². The van der Waals surface area contributed by atoms with Crippen molar-refractivity contribution in [2.45, 2.75) is 63.1 Å². The van der Waals surface area contributed by atoms with E-state index in [1.54, 1.807) is 0 Å². The molecule has 0 amide bonds. The summed E-state index contributed by atoms with van der Waals surface area (Å²) in [5, 5.41) is 12.7. The normalized spacial score (nSPS) is 38.6. The first kappa shape index (κ1) is 12.4. The lowest BCUT2D eigenvalue weighted by Crippen LogP contribution is -2.37. The molecular weight excluding hydrogens is 230 g/mol. The van der Waals surface area contributed by atoms with Gasteiger partial charge in [0.1, 0.15) is 0 Å². The highest BCUT2D eigenvalue weighted by Crippen LogP contribution is 2.46. The maximum Gasteiger partial charge on any atom is 0.311 e. The van der Waals surface area contributed by atoms with Gasteiger partial charge in [0.15, 0.2) is 0 Å². The highest BCUT2D eigenvalue weighted by atomic mass is 16.5. The van der Waals surface area contributed by atoms with E-state index in [0.717, 1.165) is 25.8 Å². The van der Waals surface area contributed by atoms with Gasteiger partial charge in [0.05, 0.1) is 17.1 Å². The molecule has 4 nitrogen and oxygen atoms in total. The standard InChI is InChI=1S/C14H23NO3/c16-12(17)13(7-8-15-10-13)9-11-3-6-14(18-11)4-1-2-5-14/h11,15H,1-10H2,(H,16,17). The fraction of sp³-hybridized carbons (Fsp3) is 0.929. The molecule has 0 aromatic carbocycles. The van der Waals surface area contributed by atoms with E-state index in [4.69, 9.17) is 4.74 Å². The second kappa shape index (κ2) is 4.49. The highest BCUT2D eigenvalue weighted by Gasteiger charge is 2.48. The molecule has 2 atom stereocenters. The van der Waals surface area contributed by atoms with E-state index in [-0.39, 0.29) is 11.7 Å². The van der Waals surface area contributed by atoms with Crippen molar-refractivity contribution in [1.29, 1.82) is 0 Å². The number of carboxylic acid groups (broad SMARTS) is 1. The van der Waals surface area contributed by atoms with Crippen molar-refractivity contribution in [1.82, 2.24) is 5.32 Å². The van der Waals surface area contributed by atoms with Gasteiger partial charge in [-0.2, -0.15) is 0 Å². The van der Waals surface area contributed by atoms with Crippen LogP contribution in [0.1, 0.15) is 51.4 Å². The molecule has 4 heteroatoms. The third kappa shape index (κ3) is 2.05. The molecule has 1 saturated carbocycles. The Balaban J connectivity index is 1.64. The molecule has 0 radical (unpaired) electrons. The van der Waals surface area contributed by atoms with Crippen molar-refractivity contribution in [2.24, 2.45) is 5.41 Å². The Morgan fingerprint density at radius 2 is 2.06 bits per heavy atom. The second-order valence-corrected chi connectivity index (χ2v) is 6.39. The van der Waals surface area contributed by atoms with Crippen LogP contribution >= 0.6 is 0 Å². The van der Waals surface area contributed by atoms with Gasteiger partial charge >= 0.3 is 5.97 Å². The maximum absolute atomic E-state index is 11.5. The van der Waals surface area contributed by atoms with Crippen LogP contribution < -0.4 is 5.32 Å². The van der Waals surface area contributed by atoms with Crippen molar-refractivity contribution < 1.29 is 14.6 Å². The van der Waals surface area contributed by atoms with E-state index in [2.05, 4.69) is 5.32 Å². The Morgan fingerprint density at radius 3 is 2.67 bits per heavy atom. The zero-order valence-corrected chi connectivity index (χ0v) is 10.9. The lowest BCUT2D eigenvalue weighted by Gasteiger charge is -2.29. The van der Waals surface area contributed by atoms with Gasteiger partial charge in [-0.15, -0.1) is 0 Å².